The molecule has 0 N–H and O–H groups in total. The van der Waals surface area contributed by atoms with Gasteiger partial charge in [0.1, 0.15) is 0 Å². The first-order valence-corrected chi connectivity index (χ1v) is 6.42. The molecule has 0 bridgehead atoms. The Morgan fingerprint density at radius 2 is 1.94 bits per heavy atom. The van der Waals surface area contributed by atoms with Crippen LogP contribution in [0.2, 0.25) is 0 Å². The molecule has 2 nitrogen and oxygen atoms in total. The number of ketones is 1. The molecular formula is C14H14O2S. The second-order valence-corrected chi connectivity index (χ2v) is 4.70. The van der Waals surface area contributed by atoms with Gasteiger partial charge in [-0.3, -0.25) is 4.79 Å². The molecule has 1 heterocycles. The van der Waals surface area contributed by atoms with Gasteiger partial charge in [-0.2, -0.15) is 0 Å². The Hall–Kier alpha value is -1.45. The van der Waals surface area contributed by atoms with Gasteiger partial charge in [0.25, 0.3) is 0 Å². The summed E-state index contributed by atoms with van der Waals surface area (Å²) in [5.74, 6) is 0.136. The van der Waals surface area contributed by atoms with Crippen LogP contribution in [0.3, 0.4) is 0 Å². The third-order valence-corrected chi connectivity index (χ3v) is 3.24. The molecule has 3 heteroatoms. The number of rotatable bonds is 6. The highest BCUT2D eigenvalue weighted by molar-refractivity contribution is 7.09. The maximum absolute atomic E-state index is 11.7. The van der Waals surface area contributed by atoms with E-state index >= 15 is 0 Å². The molecule has 0 aliphatic rings. The Kier molecular flexibility index (Phi) is 4.47. The van der Waals surface area contributed by atoms with Crippen LogP contribution in [0.15, 0.2) is 47.8 Å². The second kappa shape index (κ2) is 6.33. The van der Waals surface area contributed by atoms with Crippen LogP contribution in [-0.2, 0) is 11.3 Å². The predicted molar refractivity (Wildman–Crippen MR) is 69.4 cm³/mol. The van der Waals surface area contributed by atoms with Crippen molar-refractivity contribution in [2.45, 2.75) is 13.0 Å². The van der Waals surface area contributed by atoms with E-state index in [1.54, 1.807) is 11.3 Å². The molecule has 17 heavy (non-hydrogen) atoms. The second-order valence-electron chi connectivity index (χ2n) is 3.67. The molecule has 0 amide bonds. The van der Waals surface area contributed by atoms with Crippen LogP contribution >= 0.6 is 11.3 Å². The number of hydrogen-bond acceptors (Lipinski definition) is 3. The molecule has 0 spiro atoms. The fourth-order valence-corrected chi connectivity index (χ4v) is 2.14. The van der Waals surface area contributed by atoms with Crippen LogP contribution < -0.4 is 0 Å². The topological polar surface area (TPSA) is 26.3 Å². The number of benzene rings is 1. The van der Waals surface area contributed by atoms with E-state index < -0.39 is 0 Å². The van der Waals surface area contributed by atoms with E-state index in [-0.39, 0.29) is 5.78 Å². The molecule has 1 aromatic heterocycles. The molecule has 0 saturated heterocycles. The molecule has 88 valence electrons. The van der Waals surface area contributed by atoms with E-state index in [0.29, 0.717) is 19.6 Å². The van der Waals surface area contributed by atoms with Gasteiger partial charge < -0.3 is 4.74 Å². The first-order chi connectivity index (χ1) is 8.36. The van der Waals surface area contributed by atoms with E-state index in [2.05, 4.69) is 0 Å². The van der Waals surface area contributed by atoms with E-state index in [9.17, 15) is 4.79 Å². The summed E-state index contributed by atoms with van der Waals surface area (Å²) in [4.78, 5) is 12.9. The molecule has 0 unspecified atom stereocenters. The van der Waals surface area contributed by atoms with Gasteiger partial charge in [-0.25, -0.2) is 0 Å². The van der Waals surface area contributed by atoms with Crippen molar-refractivity contribution in [1.29, 1.82) is 0 Å². The number of thiophene rings is 1. The monoisotopic (exact) mass is 246 g/mol. The van der Waals surface area contributed by atoms with Gasteiger partial charge in [-0.1, -0.05) is 36.4 Å². The molecule has 2 rings (SSSR count). The minimum absolute atomic E-state index is 0.136. The van der Waals surface area contributed by atoms with Crippen LogP contribution in [0.5, 0.6) is 0 Å². The van der Waals surface area contributed by atoms with Gasteiger partial charge in [0.05, 0.1) is 13.2 Å². The quantitative estimate of drug-likeness (QED) is 0.575. The smallest absolute Gasteiger partial charge is 0.165 e. The SMILES string of the molecule is O=C(CCOCc1cccs1)c1ccccc1. The Bertz CT molecular complexity index is 448. The van der Waals surface area contributed by atoms with Gasteiger partial charge in [-0.05, 0) is 11.4 Å². The van der Waals surface area contributed by atoms with Crippen molar-refractivity contribution in [3.63, 3.8) is 0 Å². The fraction of sp³-hybridized carbons (Fsp3) is 0.214. The van der Waals surface area contributed by atoms with E-state index in [1.165, 1.54) is 4.88 Å². The third-order valence-electron chi connectivity index (χ3n) is 2.39. The maximum Gasteiger partial charge on any atom is 0.165 e. The first-order valence-electron chi connectivity index (χ1n) is 5.54. The van der Waals surface area contributed by atoms with E-state index in [1.807, 2.05) is 47.8 Å². The highest BCUT2D eigenvalue weighted by Gasteiger charge is 2.04. The molecule has 2 aromatic rings. The van der Waals surface area contributed by atoms with Crippen molar-refractivity contribution < 1.29 is 9.53 Å². The lowest BCUT2D eigenvalue weighted by molar-refractivity contribution is 0.0853. The molecule has 0 radical (unpaired) electrons. The number of carbonyl (C=O) groups is 1. The standard InChI is InChI=1S/C14H14O2S/c15-14(12-5-2-1-3-6-12)8-9-16-11-13-7-4-10-17-13/h1-7,10H,8-9,11H2. The summed E-state index contributed by atoms with van der Waals surface area (Å²) in [6.45, 7) is 1.07. The molecule has 0 fully saturated rings. The van der Waals surface area contributed by atoms with Crippen LogP contribution in [-0.4, -0.2) is 12.4 Å². The number of carbonyl (C=O) groups excluding carboxylic acids is 1. The van der Waals surface area contributed by atoms with Crippen LogP contribution in [0.1, 0.15) is 21.7 Å². The highest BCUT2D eigenvalue weighted by atomic mass is 32.1. The van der Waals surface area contributed by atoms with Crippen molar-refractivity contribution in [3.05, 3.63) is 58.3 Å². The molecular weight excluding hydrogens is 232 g/mol. The van der Waals surface area contributed by atoms with Crippen molar-refractivity contribution >= 4 is 17.1 Å². The Morgan fingerprint density at radius 1 is 1.12 bits per heavy atom. The van der Waals surface area contributed by atoms with E-state index in [4.69, 9.17) is 4.74 Å². The first kappa shape index (κ1) is 12.0. The minimum Gasteiger partial charge on any atom is -0.375 e. The Morgan fingerprint density at radius 3 is 2.65 bits per heavy atom. The van der Waals surface area contributed by atoms with E-state index in [0.717, 1.165) is 5.56 Å². The summed E-state index contributed by atoms with van der Waals surface area (Å²) < 4.78 is 5.46. The average molecular weight is 246 g/mol. The van der Waals surface area contributed by atoms with Gasteiger partial charge in [-0.15, -0.1) is 11.3 Å². The van der Waals surface area contributed by atoms with Gasteiger partial charge in [0.15, 0.2) is 5.78 Å². The molecule has 0 aliphatic carbocycles. The van der Waals surface area contributed by atoms with Crippen molar-refractivity contribution in [3.8, 4) is 0 Å². The van der Waals surface area contributed by atoms with Crippen LogP contribution in [0.4, 0.5) is 0 Å². The van der Waals surface area contributed by atoms with Gasteiger partial charge in [0, 0.05) is 16.9 Å². The normalized spacial score (nSPS) is 10.4. The lowest BCUT2D eigenvalue weighted by Crippen LogP contribution is -2.04. The zero-order valence-electron chi connectivity index (χ0n) is 9.46. The lowest BCUT2D eigenvalue weighted by atomic mass is 10.1. The summed E-state index contributed by atoms with van der Waals surface area (Å²) in [6.07, 6.45) is 0.440. The Labute approximate surface area is 105 Å². The minimum atomic E-state index is 0.136. The average Bonchev–Trinajstić information content (AvgIpc) is 2.88. The number of hydrogen-bond donors (Lipinski definition) is 0. The predicted octanol–water partition coefficient (Wildman–Crippen LogP) is 3.54. The third kappa shape index (κ3) is 3.80. The van der Waals surface area contributed by atoms with Crippen LogP contribution in [0.25, 0.3) is 0 Å². The Balaban J connectivity index is 1.70. The summed E-state index contributed by atoms with van der Waals surface area (Å²) in [7, 11) is 0. The van der Waals surface area contributed by atoms with Gasteiger partial charge >= 0.3 is 0 Å². The summed E-state index contributed by atoms with van der Waals surface area (Å²) in [5, 5.41) is 2.02. The molecule has 0 saturated carbocycles. The van der Waals surface area contributed by atoms with Crippen molar-refractivity contribution in [2.24, 2.45) is 0 Å². The van der Waals surface area contributed by atoms with Crippen molar-refractivity contribution in [2.75, 3.05) is 6.61 Å². The fourth-order valence-electron chi connectivity index (χ4n) is 1.50. The molecule has 0 aliphatic heterocycles. The van der Waals surface area contributed by atoms with Crippen molar-refractivity contribution in [1.82, 2.24) is 0 Å². The highest BCUT2D eigenvalue weighted by Crippen LogP contribution is 2.10. The number of Topliss-reactive ketones (excluding diaryl/α,β-unsaturated/α-hetero) is 1. The summed E-state index contributed by atoms with van der Waals surface area (Å²) >= 11 is 1.67. The van der Waals surface area contributed by atoms with Crippen LogP contribution in [0, 0.1) is 0 Å². The largest absolute Gasteiger partial charge is 0.375 e. The molecule has 0 atom stereocenters. The lowest BCUT2D eigenvalue weighted by Gasteiger charge is -2.02. The van der Waals surface area contributed by atoms with Gasteiger partial charge in [0.2, 0.25) is 0 Å². The molecule has 1 aromatic carbocycles. The maximum atomic E-state index is 11.7. The summed E-state index contributed by atoms with van der Waals surface area (Å²) in [6, 6.07) is 13.4. The zero-order valence-corrected chi connectivity index (χ0v) is 10.3. The number of ether oxygens (including phenoxy) is 1. The summed E-state index contributed by atoms with van der Waals surface area (Å²) in [5.41, 5.74) is 0.757. The zero-order chi connectivity index (χ0) is 11.9.